The summed E-state index contributed by atoms with van der Waals surface area (Å²) in [5.41, 5.74) is 1.20. The third kappa shape index (κ3) is 6.14. The lowest BCUT2D eigenvalue weighted by molar-refractivity contribution is 0.146. The van der Waals surface area contributed by atoms with Gasteiger partial charge in [-0.3, -0.25) is 0 Å². The summed E-state index contributed by atoms with van der Waals surface area (Å²) in [7, 11) is 0. The highest BCUT2D eigenvalue weighted by molar-refractivity contribution is 5.14. The minimum absolute atomic E-state index is 0.229. The maximum Gasteiger partial charge on any atom is 0.250 e. The quantitative estimate of drug-likeness (QED) is 0.674. The SMILES string of the molecule is FC(F)CNCCNCc1ccccc1. The van der Waals surface area contributed by atoms with Crippen molar-refractivity contribution in [1.82, 2.24) is 10.6 Å². The number of benzene rings is 1. The van der Waals surface area contributed by atoms with Gasteiger partial charge < -0.3 is 10.6 Å². The summed E-state index contributed by atoms with van der Waals surface area (Å²) in [5.74, 6) is 0. The first kappa shape index (κ1) is 12.1. The predicted octanol–water partition coefficient (Wildman–Crippen LogP) is 1.63. The van der Waals surface area contributed by atoms with Crippen LogP contribution in [0.2, 0.25) is 0 Å². The number of rotatable bonds is 7. The Morgan fingerprint density at radius 1 is 1.00 bits per heavy atom. The Morgan fingerprint density at radius 2 is 1.67 bits per heavy atom. The molecule has 0 unspecified atom stereocenters. The lowest BCUT2D eigenvalue weighted by Crippen LogP contribution is -2.30. The van der Waals surface area contributed by atoms with Crippen molar-refractivity contribution in [3.05, 3.63) is 35.9 Å². The van der Waals surface area contributed by atoms with Gasteiger partial charge in [0.2, 0.25) is 0 Å². The zero-order valence-electron chi connectivity index (χ0n) is 8.55. The molecule has 84 valence electrons. The molecule has 4 heteroatoms. The van der Waals surface area contributed by atoms with Crippen molar-refractivity contribution in [2.75, 3.05) is 19.6 Å². The number of hydrogen-bond donors (Lipinski definition) is 2. The van der Waals surface area contributed by atoms with Crippen LogP contribution in [0.15, 0.2) is 30.3 Å². The van der Waals surface area contributed by atoms with E-state index < -0.39 is 6.43 Å². The minimum Gasteiger partial charge on any atom is -0.311 e. The van der Waals surface area contributed by atoms with Crippen molar-refractivity contribution in [1.29, 1.82) is 0 Å². The first-order chi connectivity index (χ1) is 7.29. The van der Waals surface area contributed by atoms with E-state index in [-0.39, 0.29) is 6.54 Å². The van der Waals surface area contributed by atoms with E-state index in [1.165, 1.54) is 5.56 Å². The summed E-state index contributed by atoms with van der Waals surface area (Å²) in [6.45, 7) is 1.81. The highest BCUT2D eigenvalue weighted by Gasteiger charge is 1.99. The maximum absolute atomic E-state index is 11.7. The third-order valence-corrected chi connectivity index (χ3v) is 1.95. The largest absolute Gasteiger partial charge is 0.311 e. The molecule has 0 saturated heterocycles. The molecule has 0 amide bonds. The summed E-state index contributed by atoms with van der Waals surface area (Å²) in [5, 5.41) is 5.83. The second-order valence-corrected chi connectivity index (χ2v) is 3.26. The van der Waals surface area contributed by atoms with E-state index in [4.69, 9.17) is 0 Å². The van der Waals surface area contributed by atoms with Crippen LogP contribution in [0.25, 0.3) is 0 Å². The summed E-state index contributed by atoms with van der Waals surface area (Å²) >= 11 is 0. The van der Waals surface area contributed by atoms with Crippen LogP contribution >= 0.6 is 0 Å². The van der Waals surface area contributed by atoms with E-state index in [0.717, 1.165) is 6.54 Å². The second-order valence-electron chi connectivity index (χ2n) is 3.26. The van der Waals surface area contributed by atoms with Crippen molar-refractivity contribution in [3.63, 3.8) is 0 Å². The molecule has 2 nitrogen and oxygen atoms in total. The zero-order valence-corrected chi connectivity index (χ0v) is 8.55. The second kappa shape index (κ2) is 7.31. The molecule has 0 aromatic heterocycles. The number of nitrogens with one attached hydrogen (secondary N) is 2. The maximum atomic E-state index is 11.7. The Morgan fingerprint density at radius 3 is 2.33 bits per heavy atom. The van der Waals surface area contributed by atoms with Crippen LogP contribution in [0.1, 0.15) is 5.56 Å². The van der Waals surface area contributed by atoms with E-state index >= 15 is 0 Å². The first-order valence-corrected chi connectivity index (χ1v) is 5.02. The molecule has 1 aromatic rings. The molecule has 1 aromatic carbocycles. The van der Waals surface area contributed by atoms with Crippen molar-refractivity contribution < 1.29 is 8.78 Å². The van der Waals surface area contributed by atoms with E-state index in [1.54, 1.807) is 0 Å². The zero-order chi connectivity index (χ0) is 10.9. The number of hydrogen-bond acceptors (Lipinski definition) is 2. The molecule has 15 heavy (non-hydrogen) atoms. The summed E-state index contributed by atoms with van der Waals surface area (Å²) in [6, 6.07) is 9.98. The van der Waals surface area contributed by atoms with Gasteiger partial charge in [0.15, 0.2) is 0 Å². The molecular weight excluding hydrogens is 198 g/mol. The van der Waals surface area contributed by atoms with Crippen LogP contribution < -0.4 is 10.6 Å². The van der Waals surface area contributed by atoms with Gasteiger partial charge in [-0.15, -0.1) is 0 Å². The molecule has 0 heterocycles. The van der Waals surface area contributed by atoms with Crippen molar-refractivity contribution >= 4 is 0 Å². The Bertz CT molecular complexity index is 252. The van der Waals surface area contributed by atoms with Crippen LogP contribution in [0, 0.1) is 0 Å². The lowest BCUT2D eigenvalue weighted by atomic mass is 10.2. The minimum atomic E-state index is -2.26. The van der Waals surface area contributed by atoms with Crippen LogP contribution in [-0.4, -0.2) is 26.1 Å². The van der Waals surface area contributed by atoms with Gasteiger partial charge in [-0.05, 0) is 5.56 Å². The molecule has 1 rings (SSSR count). The number of alkyl halides is 2. The number of halogens is 2. The highest BCUT2D eigenvalue weighted by Crippen LogP contribution is 1.96. The van der Waals surface area contributed by atoms with E-state index in [0.29, 0.717) is 13.1 Å². The van der Waals surface area contributed by atoms with E-state index in [9.17, 15) is 8.78 Å². The van der Waals surface area contributed by atoms with Crippen LogP contribution in [0.3, 0.4) is 0 Å². The Balaban J connectivity index is 1.98. The van der Waals surface area contributed by atoms with Gasteiger partial charge in [0.05, 0.1) is 6.54 Å². The summed E-state index contributed by atoms with van der Waals surface area (Å²) in [6.07, 6.45) is -2.26. The molecule has 0 spiro atoms. The topological polar surface area (TPSA) is 24.1 Å². The van der Waals surface area contributed by atoms with Crippen molar-refractivity contribution in [2.45, 2.75) is 13.0 Å². The van der Waals surface area contributed by atoms with Gasteiger partial charge in [0.1, 0.15) is 0 Å². The van der Waals surface area contributed by atoms with Gasteiger partial charge >= 0.3 is 0 Å². The molecule has 0 atom stereocenters. The van der Waals surface area contributed by atoms with E-state index in [1.807, 2.05) is 30.3 Å². The highest BCUT2D eigenvalue weighted by atomic mass is 19.3. The van der Waals surface area contributed by atoms with Crippen LogP contribution in [0.5, 0.6) is 0 Å². The van der Waals surface area contributed by atoms with Gasteiger partial charge in [-0.2, -0.15) is 0 Å². The van der Waals surface area contributed by atoms with Gasteiger partial charge in [0.25, 0.3) is 6.43 Å². The van der Waals surface area contributed by atoms with Crippen LogP contribution in [0.4, 0.5) is 8.78 Å². The van der Waals surface area contributed by atoms with Gasteiger partial charge in [0, 0.05) is 19.6 Å². The fourth-order valence-corrected chi connectivity index (χ4v) is 1.22. The average Bonchev–Trinajstić information content (AvgIpc) is 2.24. The predicted molar refractivity (Wildman–Crippen MR) is 57.0 cm³/mol. The molecular formula is C11H16F2N2. The molecule has 0 aliphatic heterocycles. The molecule has 0 radical (unpaired) electrons. The molecule has 0 bridgehead atoms. The first-order valence-electron chi connectivity index (χ1n) is 5.02. The molecule has 0 saturated carbocycles. The molecule has 0 aliphatic rings. The Hall–Kier alpha value is -1.00. The van der Waals surface area contributed by atoms with Crippen molar-refractivity contribution in [3.8, 4) is 0 Å². The summed E-state index contributed by atoms with van der Waals surface area (Å²) < 4.78 is 23.5. The smallest absolute Gasteiger partial charge is 0.250 e. The molecule has 0 fully saturated rings. The van der Waals surface area contributed by atoms with Gasteiger partial charge in [-0.1, -0.05) is 30.3 Å². The standard InChI is InChI=1S/C11H16F2N2/c12-11(13)9-15-7-6-14-8-10-4-2-1-3-5-10/h1-5,11,14-15H,6-9H2. The van der Waals surface area contributed by atoms with Crippen molar-refractivity contribution in [2.24, 2.45) is 0 Å². The fourth-order valence-electron chi connectivity index (χ4n) is 1.22. The lowest BCUT2D eigenvalue weighted by Gasteiger charge is -2.06. The summed E-state index contributed by atoms with van der Waals surface area (Å²) in [4.78, 5) is 0. The Labute approximate surface area is 88.7 Å². The van der Waals surface area contributed by atoms with Gasteiger partial charge in [-0.25, -0.2) is 8.78 Å². The normalized spacial score (nSPS) is 10.9. The third-order valence-electron chi connectivity index (χ3n) is 1.95. The van der Waals surface area contributed by atoms with Crippen LogP contribution in [-0.2, 0) is 6.54 Å². The molecule has 2 N–H and O–H groups in total. The average molecular weight is 214 g/mol. The van der Waals surface area contributed by atoms with E-state index in [2.05, 4.69) is 10.6 Å². The molecule has 0 aliphatic carbocycles. The Kier molecular flexibility index (Phi) is 5.88. The monoisotopic (exact) mass is 214 g/mol. The fraction of sp³-hybridized carbons (Fsp3) is 0.455.